The van der Waals surface area contributed by atoms with E-state index in [-0.39, 0.29) is 0 Å². The molecule has 1 aliphatic heterocycles. The number of benzene rings is 3. The third kappa shape index (κ3) is 5.36. The van der Waals surface area contributed by atoms with Gasteiger partial charge in [-0.15, -0.1) is 0 Å². The highest BCUT2D eigenvalue weighted by Gasteiger charge is 2.29. The Morgan fingerprint density at radius 2 is 1.94 bits per heavy atom. The molecule has 3 aromatic carbocycles. The van der Waals surface area contributed by atoms with E-state index in [1.807, 2.05) is 24.3 Å². The van der Waals surface area contributed by atoms with Gasteiger partial charge in [0, 0.05) is 37.9 Å². The van der Waals surface area contributed by atoms with Crippen molar-refractivity contribution in [2.45, 2.75) is 32.5 Å². The van der Waals surface area contributed by atoms with Gasteiger partial charge in [0.25, 0.3) is 0 Å². The van der Waals surface area contributed by atoms with Gasteiger partial charge < -0.3 is 10.0 Å². The van der Waals surface area contributed by atoms with E-state index in [2.05, 4.69) is 47.1 Å². The molecule has 1 aliphatic rings. The second-order valence-electron chi connectivity index (χ2n) is 8.51. The average Bonchev–Trinajstić information content (AvgIpc) is 3.27. The molecule has 6 heteroatoms. The van der Waals surface area contributed by atoms with Crippen molar-refractivity contribution in [2.75, 3.05) is 18.0 Å². The van der Waals surface area contributed by atoms with Gasteiger partial charge in [-0.25, -0.2) is 4.79 Å². The average molecular weight is 460 g/mol. The second kappa shape index (κ2) is 10.1. The molecule has 0 bridgehead atoms. The summed E-state index contributed by atoms with van der Waals surface area (Å²) in [5.41, 5.74) is 5.41. The van der Waals surface area contributed by atoms with E-state index in [1.165, 1.54) is 11.1 Å². The summed E-state index contributed by atoms with van der Waals surface area (Å²) in [5.74, 6) is -0.907. The predicted molar refractivity (Wildman–Crippen MR) is 131 cm³/mol. The van der Waals surface area contributed by atoms with Gasteiger partial charge in [-0.1, -0.05) is 48.0 Å². The Morgan fingerprint density at radius 3 is 2.61 bits per heavy atom. The van der Waals surface area contributed by atoms with E-state index in [1.54, 1.807) is 18.2 Å². The zero-order valence-corrected chi connectivity index (χ0v) is 19.3. The number of carboxylic acids is 1. The van der Waals surface area contributed by atoms with E-state index in [0.717, 1.165) is 43.9 Å². The summed E-state index contributed by atoms with van der Waals surface area (Å²) in [5, 5.41) is 18.9. The molecule has 0 spiro atoms. The van der Waals surface area contributed by atoms with Crippen molar-refractivity contribution < 1.29 is 9.90 Å². The number of hydrogen-bond donors (Lipinski definition) is 1. The van der Waals surface area contributed by atoms with Gasteiger partial charge in [-0.2, -0.15) is 5.26 Å². The molecule has 1 saturated heterocycles. The number of halogens is 1. The molecule has 1 fully saturated rings. The SMILES string of the molecule is Cc1ccccc1CN(c1ccc(C#N)c(Cl)c1)[C@H]1CCN(Cc2ccc(C(=O)O)cc2)C1. The van der Waals surface area contributed by atoms with Crippen LogP contribution in [-0.4, -0.2) is 35.1 Å². The summed E-state index contributed by atoms with van der Waals surface area (Å²) in [4.78, 5) is 15.9. The number of anilines is 1. The van der Waals surface area contributed by atoms with Crippen molar-refractivity contribution in [1.29, 1.82) is 5.26 Å². The van der Waals surface area contributed by atoms with Crippen LogP contribution in [0.25, 0.3) is 0 Å². The lowest BCUT2D eigenvalue weighted by atomic mass is 10.1. The van der Waals surface area contributed by atoms with Crippen molar-refractivity contribution >= 4 is 23.3 Å². The number of nitriles is 1. The minimum Gasteiger partial charge on any atom is -0.478 e. The quantitative estimate of drug-likeness (QED) is 0.505. The zero-order valence-electron chi connectivity index (χ0n) is 18.5. The Balaban J connectivity index is 1.54. The monoisotopic (exact) mass is 459 g/mol. The molecular formula is C27H26ClN3O2. The van der Waals surface area contributed by atoms with Crippen LogP contribution >= 0.6 is 11.6 Å². The largest absolute Gasteiger partial charge is 0.478 e. The molecule has 0 aliphatic carbocycles. The Labute approximate surface area is 199 Å². The lowest BCUT2D eigenvalue weighted by Crippen LogP contribution is -2.37. The summed E-state index contributed by atoms with van der Waals surface area (Å²) in [6.07, 6.45) is 1.01. The fraction of sp³-hybridized carbons (Fsp3) is 0.259. The van der Waals surface area contributed by atoms with Gasteiger partial charge in [0.1, 0.15) is 6.07 Å². The third-order valence-electron chi connectivity index (χ3n) is 6.30. The predicted octanol–water partition coefficient (Wildman–Crippen LogP) is 5.50. The Kier molecular flexibility index (Phi) is 6.98. The maximum atomic E-state index is 11.1. The van der Waals surface area contributed by atoms with Gasteiger partial charge in [0.15, 0.2) is 0 Å². The van der Waals surface area contributed by atoms with Crippen LogP contribution in [0, 0.1) is 18.3 Å². The number of aryl methyl sites for hydroxylation is 1. The fourth-order valence-electron chi connectivity index (χ4n) is 4.40. The Bertz CT molecular complexity index is 1190. The number of aromatic carboxylic acids is 1. The molecule has 168 valence electrons. The van der Waals surface area contributed by atoms with E-state index in [4.69, 9.17) is 16.7 Å². The van der Waals surface area contributed by atoms with E-state index < -0.39 is 5.97 Å². The first kappa shape index (κ1) is 22.8. The second-order valence-corrected chi connectivity index (χ2v) is 8.92. The third-order valence-corrected chi connectivity index (χ3v) is 6.61. The highest BCUT2D eigenvalue weighted by molar-refractivity contribution is 6.32. The summed E-state index contributed by atoms with van der Waals surface area (Å²) in [7, 11) is 0. The van der Waals surface area contributed by atoms with Gasteiger partial charge in [-0.3, -0.25) is 4.90 Å². The molecule has 0 unspecified atom stereocenters. The van der Waals surface area contributed by atoms with Crippen molar-refractivity contribution in [3.8, 4) is 6.07 Å². The van der Waals surface area contributed by atoms with Crippen LogP contribution < -0.4 is 4.90 Å². The molecule has 0 radical (unpaired) electrons. The number of rotatable bonds is 7. The van der Waals surface area contributed by atoms with Crippen LogP contribution in [0.15, 0.2) is 66.7 Å². The smallest absolute Gasteiger partial charge is 0.335 e. The topological polar surface area (TPSA) is 67.6 Å². The maximum absolute atomic E-state index is 11.1. The first-order valence-corrected chi connectivity index (χ1v) is 11.4. The maximum Gasteiger partial charge on any atom is 0.335 e. The molecule has 1 atom stereocenters. The molecular weight excluding hydrogens is 434 g/mol. The highest BCUT2D eigenvalue weighted by atomic mass is 35.5. The normalized spacial score (nSPS) is 15.8. The lowest BCUT2D eigenvalue weighted by Gasteiger charge is -2.32. The molecule has 1 N–H and O–H groups in total. The van der Waals surface area contributed by atoms with Gasteiger partial charge in [0.2, 0.25) is 0 Å². The Hall–Kier alpha value is -3.33. The minimum atomic E-state index is -0.907. The van der Waals surface area contributed by atoms with Gasteiger partial charge in [-0.05, 0) is 60.4 Å². The highest BCUT2D eigenvalue weighted by Crippen LogP contribution is 2.30. The summed E-state index contributed by atoms with van der Waals surface area (Å²) < 4.78 is 0. The van der Waals surface area contributed by atoms with Gasteiger partial charge in [0.05, 0.1) is 16.1 Å². The summed E-state index contributed by atoms with van der Waals surface area (Å²) >= 11 is 6.38. The van der Waals surface area contributed by atoms with Gasteiger partial charge >= 0.3 is 5.97 Å². The van der Waals surface area contributed by atoms with Crippen molar-refractivity contribution in [1.82, 2.24) is 4.90 Å². The fourth-order valence-corrected chi connectivity index (χ4v) is 4.61. The lowest BCUT2D eigenvalue weighted by molar-refractivity contribution is 0.0697. The number of carboxylic acid groups (broad SMARTS) is 1. The molecule has 0 aromatic heterocycles. The Morgan fingerprint density at radius 1 is 1.18 bits per heavy atom. The van der Waals surface area contributed by atoms with Crippen LogP contribution in [0.2, 0.25) is 5.02 Å². The van der Waals surface area contributed by atoms with Crippen LogP contribution in [0.4, 0.5) is 5.69 Å². The molecule has 0 amide bonds. The van der Waals surface area contributed by atoms with Crippen molar-refractivity contribution in [2.24, 2.45) is 0 Å². The van der Waals surface area contributed by atoms with E-state index in [0.29, 0.717) is 22.2 Å². The van der Waals surface area contributed by atoms with Crippen LogP contribution in [-0.2, 0) is 13.1 Å². The number of hydrogen-bond acceptors (Lipinski definition) is 4. The molecule has 33 heavy (non-hydrogen) atoms. The van der Waals surface area contributed by atoms with Crippen LogP contribution in [0.3, 0.4) is 0 Å². The van der Waals surface area contributed by atoms with E-state index in [9.17, 15) is 10.1 Å². The number of likely N-dealkylation sites (tertiary alicyclic amines) is 1. The molecule has 1 heterocycles. The van der Waals surface area contributed by atoms with Crippen molar-refractivity contribution in [3.05, 3.63) is 99.6 Å². The molecule has 0 saturated carbocycles. The summed E-state index contributed by atoms with van der Waals surface area (Å²) in [6, 6.07) is 23.6. The number of carbonyl (C=O) groups is 1. The van der Waals surface area contributed by atoms with Crippen molar-refractivity contribution in [3.63, 3.8) is 0 Å². The molecule has 3 aromatic rings. The standard InChI is InChI=1S/C27H26ClN3O2/c1-19-4-2-3-5-23(19)17-31(24-11-10-22(15-29)26(28)14-24)25-12-13-30(18-25)16-20-6-8-21(9-7-20)27(32)33/h2-11,14,25H,12-13,16-18H2,1H3,(H,32,33)/t25-/m0/s1. The first-order chi connectivity index (χ1) is 15.9. The van der Waals surface area contributed by atoms with Crippen LogP contribution in [0.5, 0.6) is 0 Å². The number of nitrogens with zero attached hydrogens (tertiary/aromatic N) is 3. The molecule has 5 nitrogen and oxygen atoms in total. The first-order valence-electron chi connectivity index (χ1n) is 11.0. The summed E-state index contributed by atoms with van der Waals surface area (Å²) in [6.45, 7) is 5.52. The van der Waals surface area contributed by atoms with Crippen LogP contribution in [0.1, 0.15) is 39.0 Å². The minimum absolute atomic E-state index is 0.298. The van der Waals surface area contributed by atoms with E-state index >= 15 is 0 Å². The zero-order chi connectivity index (χ0) is 23.4. The molecule has 4 rings (SSSR count).